The zero-order valence-electron chi connectivity index (χ0n) is 13.1. The number of nitrogens with two attached hydrogens (primary N) is 1. The number of benzene rings is 2. The molecule has 2 N–H and O–H groups in total. The maximum Gasteiger partial charge on any atom is 0.243 e. The number of nitrogens with zero attached hydrogens (tertiary/aromatic N) is 1. The fraction of sp³-hybridized carbons (Fsp3) is 0.375. The lowest BCUT2D eigenvalue weighted by Crippen LogP contribution is -2.43. The lowest BCUT2D eigenvalue weighted by molar-refractivity contribution is 0.347. The Labute approximate surface area is 142 Å². The third kappa shape index (κ3) is 3.32. The van der Waals surface area contributed by atoms with E-state index >= 15 is 0 Å². The highest BCUT2D eigenvalue weighted by Crippen LogP contribution is 2.26. The fourth-order valence-electron chi connectivity index (χ4n) is 3.09. The summed E-state index contributed by atoms with van der Waals surface area (Å²) in [5, 5.41) is 1.77. The molecule has 0 aliphatic carbocycles. The van der Waals surface area contributed by atoms with Crippen molar-refractivity contribution in [3.05, 3.63) is 42.5 Å². The molecule has 2 aromatic rings. The molecular weight excluding hydrogens is 348 g/mol. The highest BCUT2D eigenvalue weighted by molar-refractivity contribution is 7.92. The molecule has 1 aliphatic heterocycles. The van der Waals surface area contributed by atoms with Gasteiger partial charge in [-0.1, -0.05) is 30.3 Å². The summed E-state index contributed by atoms with van der Waals surface area (Å²) < 4.78 is 50.8. The summed E-state index contributed by atoms with van der Waals surface area (Å²) in [6.07, 6.45) is 0.315. The number of sulfonamides is 1. The first-order chi connectivity index (χ1) is 11.3. The summed E-state index contributed by atoms with van der Waals surface area (Å²) in [6.45, 7) is 0.249. The van der Waals surface area contributed by atoms with E-state index in [4.69, 9.17) is 5.73 Å². The first kappa shape index (κ1) is 17.3. The summed E-state index contributed by atoms with van der Waals surface area (Å²) in [5.41, 5.74) is 5.57. The van der Waals surface area contributed by atoms with Gasteiger partial charge < -0.3 is 5.73 Å². The second kappa shape index (κ2) is 6.44. The molecule has 8 heteroatoms. The molecule has 2 aromatic carbocycles. The summed E-state index contributed by atoms with van der Waals surface area (Å²) >= 11 is 0. The van der Waals surface area contributed by atoms with E-state index in [9.17, 15) is 16.8 Å². The van der Waals surface area contributed by atoms with Crippen LogP contribution in [0.1, 0.15) is 6.42 Å². The van der Waals surface area contributed by atoms with Crippen LogP contribution in [0.3, 0.4) is 0 Å². The van der Waals surface area contributed by atoms with Crippen molar-refractivity contribution in [2.75, 3.05) is 24.6 Å². The average molecular weight is 368 g/mol. The molecule has 0 aromatic heterocycles. The van der Waals surface area contributed by atoms with Gasteiger partial charge in [0.25, 0.3) is 0 Å². The minimum Gasteiger partial charge on any atom is -0.329 e. The first-order valence-electron chi connectivity index (χ1n) is 7.75. The first-order valence-corrected chi connectivity index (χ1v) is 11.0. The molecule has 6 nitrogen and oxygen atoms in total. The molecule has 0 amide bonds. The van der Waals surface area contributed by atoms with Crippen molar-refractivity contribution in [3.8, 4) is 0 Å². The molecule has 0 bridgehead atoms. The van der Waals surface area contributed by atoms with Gasteiger partial charge in [-0.15, -0.1) is 0 Å². The standard InChI is InChI=1S/C16H20N2O4S2/c17-8-9-18(15-7-10-23(19,20)12-15)24(21,22)16-6-5-13-3-1-2-4-14(13)11-16/h1-6,11,15H,7-10,12,17H2/t15-/m0/s1. The monoisotopic (exact) mass is 368 g/mol. The molecule has 3 rings (SSSR count). The molecule has 1 fully saturated rings. The van der Waals surface area contributed by atoms with Crippen LogP contribution in [0.2, 0.25) is 0 Å². The maximum atomic E-state index is 13.0. The third-order valence-electron chi connectivity index (χ3n) is 4.29. The Morgan fingerprint density at radius 2 is 1.83 bits per heavy atom. The third-order valence-corrected chi connectivity index (χ3v) is 7.99. The second-order valence-corrected chi connectivity index (χ2v) is 10.1. The Balaban J connectivity index is 2.01. The maximum absolute atomic E-state index is 13.0. The number of rotatable bonds is 5. The quantitative estimate of drug-likeness (QED) is 0.848. The van der Waals surface area contributed by atoms with Crippen LogP contribution in [-0.2, 0) is 19.9 Å². The SMILES string of the molecule is NCCN([C@H]1CCS(=O)(=O)C1)S(=O)(=O)c1ccc2ccccc2c1. The highest BCUT2D eigenvalue weighted by Gasteiger charge is 2.38. The molecule has 130 valence electrons. The average Bonchev–Trinajstić information content (AvgIpc) is 2.91. The minimum atomic E-state index is -3.80. The predicted octanol–water partition coefficient (Wildman–Crippen LogP) is 0.976. The van der Waals surface area contributed by atoms with Gasteiger partial charge in [-0.2, -0.15) is 4.31 Å². The summed E-state index contributed by atoms with van der Waals surface area (Å²) in [4.78, 5) is 0.166. The van der Waals surface area contributed by atoms with Crippen LogP contribution in [0.25, 0.3) is 10.8 Å². The number of fused-ring (bicyclic) bond motifs is 1. The number of hydrogen-bond acceptors (Lipinski definition) is 5. The zero-order valence-corrected chi connectivity index (χ0v) is 14.8. The van der Waals surface area contributed by atoms with Crippen LogP contribution >= 0.6 is 0 Å². The second-order valence-electron chi connectivity index (χ2n) is 5.97. The lowest BCUT2D eigenvalue weighted by atomic mass is 10.1. The Hall–Kier alpha value is -1.48. The molecule has 0 unspecified atom stereocenters. The van der Waals surface area contributed by atoms with E-state index in [0.29, 0.717) is 6.42 Å². The number of sulfone groups is 1. The van der Waals surface area contributed by atoms with E-state index in [2.05, 4.69) is 0 Å². The van der Waals surface area contributed by atoms with Gasteiger partial charge in [0.1, 0.15) is 0 Å². The zero-order chi connectivity index (χ0) is 17.4. The molecule has 0 spiro atoms. The molecule has 1 aliphatic rings. The van der Waals surface area contributed by atoms with E-state index in [1.807, 2.05) is 24.3 Å². The van der Waals surface area contributed by atoms with Crippen molar-refractivity contribution >= 4 is 30.6 Å². The largest absolute Gasteiger partial charge is 0.329 e. The Bertz CT molecular complexity index is 955. The Morgan fingerprint density at radius 3 is 2.46 bits per heavy atom. The van der Waals surface area contributed by atoms with Crippen molar-refractivity contribution in [1.82, 2.24) is 4.31 Å². The summed E-state index contributed by atoms with van der Waals surface area (Å²) in [6, 6.07) is 11.9. The van der Waals surface area contributed by atoms with E-state index < -0.39 is 25.9 Å². The minimum absolute atomic E-state index is 0.0198. The molecule has 1 heterocycles. The van der Waals surface area contributed by atoms with Crippen LogP contribution in [0.5, 0.6) is 0 Å². The van der Waals surface area contributed by atoms with Crippen LogP contribution in [-0.4, -0.2) is 51.8 Å². The Morgan fingerprint density at radius 1 is 1.12 bits per heavy atom. The van der Waals surface area contributed by atoms with E-state index in [-0.39, 0.29) is 29.5 Å². The predicted molar refractivity (Wildman–Crippen MR) is 94.0 cm³/mol. The lowest BCUT2D eigenvalue weighted by Gasteiger charge is -2.27. The van der Waals surface area contributed by atoms with Gasteiger partial charge in [-0.05, 0) is 29.3 Å². The van der Waals surface area contributed by atoms with Crippen molar-refractivity contribution < 1.29 is 16.8 Å². The van der Waals surface area contributed by atoms with Crippen LogP contribution < -0.4 is 5.73 Å². The molecule has 0 radical (unpaired) electrons. The topological polar surface area (TPSA) is 97.5 Å². The smallest absolute Gasteiger partial charge is 0.243 e. The van der Waals surface area contributed by atoms with Crippen molar-refractivity contribution in [3.63, 3.8) is 0 Å². The van der Waals surface area contributed by atoms with Crippen molar-refractivity contribution in [2.45, 2.75) is 17.4 Å². The summed E-state index contributed by atoms with van der Waals surface area (Å²) in [7, 11) is -6.98. The van der Waals surface area contributed by atoms with E-state index in [0.717, 1.165) is 10.8 Å². The van der Waals surface area contributed by atoms with Crippen LogP contribution in [0.15, 0.2) is 47.4 Å². The summed E-state index contributed by atoms with van der Waals surface area (Å²) in [5.74, 6) is -0.119. The van der Waals surface area contributed by atoms with Gasteiger partial charge in [-0.25, -0.2) is 16.8 Å². The number of hydrogen-bond donors (Lipinski definition) is 1. The molecular formula is C16H20N2O4S2. The fourth-order valence-corrected chi connectivity index (χ4v) is 6.62. The van der Waals surface area contributed by atoms with E-state index in [1.165, 1.54) is 4.31 Å². The molecule has 1 atom stereocenters. The molecule has 0 saturated carbocycles. The van der Waals surface area contributed by atoms with Gasteiger partial charge in [0.2, 0.25) is 10.0 Å². The van der Waals surface area contributed by atoms with Gasteiger partial charge in [0, 0.05) is 19.1 Å². The normalized spacial score (nSPS) is 20.7. The van der Waals surface area contributed by atoms with Gasteiger partial charge in [0.05, 0.1) is 16.4 Å². The van der Waals surface area contributed by atoms with Gasteiger partial charge in [0.15, 0.2) is 9.84 Å². The van der Waals surface area contributed by atoms with Gasteiger partial charge >= 0.3 is 0 Å². The highest BCUT2D eigenvalue weighted by atomic mass is 32.2. The molecule has 24 heavy (non-hydrogen) atoms. The van der Waals surface area contributed by atoms with Crippen LogP contribution in [0, 0.1) is 0 Å². The van der Waals surface area contributed by atoms with Crippen LogP contribution in [0.4, 0.5) is 0 Å². The van der Waals surface area contributed by atoms with Crippen molar-refractivity contribution in [1.29, 1.82) is 0 Å². The molecule has 1 saturated heterocycles. The van der Waals surface area contributed by atoms with Crippen molar-refractivity contribution in [2.24, 2.45) is 5.73 Å². The Kier molecular flexibility index (Phi) is 4.65. The van der Waals surface area contributed by atoms with E-state index in [1.54, 1.807) is 18.2 Å². The van der Waals surface area contributed by atoms with Gasteiger partial charge in [-0.3, -0.25) is 0 Å².